The molecule has 0 saturated carbocycles. The van der Waals surface area contributed by atoms with Crippen molar-refractivity contribution in [1.29, 1.82) is 0 Å². The van der Waals surface area contributed by atoms with Crippen LogP contribution >= 0.6 is 11.8 Å². The molecule has 34 heavy (non-hydrogen) atoms. The van der Waals surface area contributed by atoms with Gasteiger partial charge in [-0.1, -0.05) is 67.2 Å². The van der Waals surface area contributed by atoms with Crippen molar-refractivity contribution >= 4 is 17.7 Å². The lowest BCUT2D eigenvalue weighted by Gasteiger charge is -2.30. The predicted molar refractivity (Wildman–Crippen MR) is 139 cm³/mol. The van der Waals surface area contributed by atoms with E-state index in [1.54, 1.807) is 0 Å². The third-order valence-corrected chi connectivity index (χ3v) is 7.38. The molecule has 4 rings (SSSR count). The van der Waals surface area contributed by atoms with Crippen LogP contribution in [0.3, 0.4) is 0 Å². The zero-order chi connectivity index (χ0) is 23.9. The molecule has 6 nitrogen and oxygen atoms in total. The van der Waals surface area contributed by atoms with Gasteiger partial charge in [0.05, 0.1) is 5.75 Å². The molecule has 1 aliphatic heterocycles. The Morgan fingerprint density at radius 3 is 2.62 bits per heavy atom. The molecule has 0 radical (unpaired) electrons. The molecule has 1 aromatic heterocycles. The number of rotatable bonds is 9. The van der Waals surface area contributed by atoms with Crippen LogP contribution in [0.25, 0.3) is 11.4 Å². The first kappa shape index (κ1) is 24.5. The number of aromatic nitrogens is 3. The molecule has 0 spiro atoms. The summed E-state index contributed by atoms with van der Waals surface area (Å²) in [5.41, 5.74) is 4.69. The summed E-state index contributed by atoms with van der Waals surface area (Å²) in [6, 6.07) is 16.8. The molecule has 3 aromatic rings. The number of nitrogens with zero attached hydrogens (tertiary/aromatic N) is 4. The summed E-state index contributed by atoms with van der Waals surface area (Å²) >= 11 is 1.43. The van der Waals surface area contributed by atoms with E-state index in [0.29, 0.717) is 12.3 Å². The molecule has 7 heteroatoms. The number of carbonyl (C=O) groups is 1. The lowest BCUT2D eigenvalue weighted by molar-refractivity contribution is -0.118. The third kappa shape index (κ3) is 6.27. The highest BCUT2D eigenvalue weighted by Crippen LogP contribution is 2.26. The average molecular weight is 478 g/mol. The van der Waals surface area contributed by atoms with Gasteiger partial charge in [0.2, 0.25) is 5.91 Å². The molecular formula is C27H35N5OS. The normalized spacial score (nSPS) is 16.5. The largest absolute Gasteiger partial charge is 0.351 e. The number of thioether (sulfide) groups is 1. The number of piperidine rings is 1. The molecule has 2 aromatic carbocycles. The van der Waals surface area contributed by atoms with Crippen LogP contribution in [0.15, 0.2) is 53.7 Å². The molecule has 1 N–H and O–H groups in total. The van der Waals surface area contributed by atoms with Gasteiger partial charge in [-0.05, 0) is 55.8 Å². The number of benzene rings is 2. The van der Waals surface area contributed by atoms with E-state index in [9.17, 15) is 4.79 Å². The second-order valence-electron chi connectivity index (χ2n) is 9.23. The molecule has 0 bridgehead atoms. The fraction of sp³-hybridized carbons (Fsp3) is 0.444. The summed E-state index contributed by atoms with van der Waals surface area (Å²) in [4.78, 5) is 15.0. The Kier molecular flexibility index (Phi) is 8.40. The summed E-state index contributed by atoms with van der Waals surface area (Å²) in [7, 11) is 0. The van der Waals surface area contributed by atoms with Crippen molar-refractivity contribution in [2.75, 3.05) is 18.8 Å². The summed E-state index contributed by atoms with van der Waals surface area (Å²) in [6.07, 6.45) is 2.64. The van der Waals surface area contributed by atoms with Gasteiger partial charge < -0.3 is 9.88 Å². The van der Waals surface area contributed by atoms with E-state index >= 15 is 0 Å². The maximum absolute atomic E-state index is 12.5. The lowest BCUT2D eigenvalue weighted by Crippen LogP contribution is -2.33. The second kappa shape index (κ2) is 11.7. The van der Waals surface area contributed by atoms with E-state index in [0.717, 1.165) is 46.7 Å². The van der Waals surface area contributed by atoms with Gasteiger partial charge in [0.25, 0.3) is 0 Å². The van der Waals surface area contributed by atoms with Crippen LogP contribution in [0.4, 0.5) is 0 Å². The van der Waals surface area contributed by atoms with E-state index in [-0.39, 0.29) is 5.91 Å². The number of aryl methyl sites for hydroxylation is 1. The topological polar surface area (TPSA) is 63.1 Å². The lowest BCUT2D eigenvalue weighted by atomic mass is 9.99. The highest BCUT2D eigenvalue weighted by molar-refractivity contribution is 7.99. The van der Waals surface area contributed by atoms with Crippen LogP contribution in [0, 0.1) is 12.8 Å². The Hall–Kier alpha value is -2.64. The standard InChI is InChI=1S/C27H35N5OS/c1-4-32-26(24-10-6-5-9-21(24)3)29-30-27(32)34-19-25(33)28-16-22-11-13-23(14-12-22)18-31-15-7-8-20(2)17-31/h5-6,9-14,20H,4,7-8,15-19H2,1-3H3,(H,28,33). The van der Waals surface area contributed by atoms with Crippen LogP contribution < -0.4 is 5.32 Å². The van der Waals surface area contributed by atoms with Gasteiger partial charge in [0.15, 0.2) is 11.0 Å². The molecular weight excluding hydrogens is 442 g/mol. The van der Waals surface area contributed by atoms with Gasteiger partial charge in [0.1, 0.15) is 0 Å². The molecule has 1 saturated heterocycles. The van der Waals surface area contributed by atoms with Gasteiger partial charge in [-0.3, -0.25) is 9.69 Å². The zero-order valence-electron chi connectivity index (χ0n) is 20.5. The van der Waals surface area contributed by atoms with Crippen molar-refractivity contribution < 1.29 is 4.79 Å². The molecule has 180 valence electrons. The predicted octanol–water partition coefficient (Wildman–Crippen LogP) is 4.91. The third-order valence-electron chi connectivity index (χ3n) is 6.41. The van der Waals surface area contributed by atoms with Crippen LogP contribution in [0.5, 0.6) is 0 Å². The van der Waals surface area contributed by atoms with E-state index in [1.807, 2.05) is 12.1 Å². The minimum absolute atomic E-state index is 0.000486. The Morgan fingerprint density at radius 1 is 1.12 bits per heavy atom. The maximum Gasteiger partial charge on any atom is 0.230 e. The van der Waals surface area contributed by atoms with E-state index < -0.39 is 0 Å². The van der Waals surface area contributed by atoms with Crippen molar-refractivity contribution in [3.8, 4) is 11.4 Å². The first-order chi connectivity index (χ1) is 16.5. The number of carbonyl (C=O) groups excluding carboxylic acids is 1. The molecule has 2 heterocycles. The SMILES string of the molecule is CCn1c(SCC(=O)NCc2ccc(CN3CCCC(C)C3)cc2)nnc1-c1ccccc1C. The Balaban J connectivity index is 1.27. The van der Waals surface area contributed by atoms with Crippen LogP contribution in [0.2, 0.25) is 0 Å². The summed E-state index contributed by atoms with van der Waals surface area (Å²) in [5, 5.41) is 12.6. The molecule has 1 amide bonds. The molecule has 1 unspecified atom stereocenters. The minimum atomic E-state index is -0.000486. The Labute approximate surface area is 207 Å². The van der Waals surface area contributed by atoms with Crippen LogP contribution in [0.1, 0.15) is 43.4 Å². The molecule has 1 fully saturated rings. The highest BCUT2D eigenvalue weighted by atomic mass is 32.2. The van der Waals surface area contributed by atoms with Crippen molar-refractivity contribution in [3.05, 3.63) is 65.2 Å². The molecule has 0 aliphatic carbocycles. The minimum Gasteiger partial charge on any atom is -0.351 e. The summed E-state index contributed by atoms with van der Waals surface area (Å²) in [6.45, 7) is 11.2. The van der Waals surface area contributed by atoms with Crippen molar-refractivity contribution in [3.63, 3.8) is 0 Å². The second-order valence-corrected chi connectivity index (χ2v) is 10.2. The fourth-order valence-corrected chi connectivity index (χ4v) is 5.37. The maximum atomic E-state index is 12.5. The number of amides is 1. The average Bonchev–Trinajstić information content (AvgIpc) is 3.25. The number of hydrogen-bond acceptors (Lipinski definition) is 5. The fourth-order valence-electron chi connectivity index (χ4n) is 4.54. The smallest absolute Gasteiger partial charge is 0.230 e. The molecule has 1 aliphatic rings. The van der Waals surface area contributed by atoms with Gasteiger partial charge in [-0.25, -0.2) is 0 Å². The highest BCUT2D eigenvalue weighted by Gasteiger charge is 2.17. The van der Waals surface area contributed by atoms with Gasteiger partial charge in [-0.2, -0.15) is 0 Å². The summed E-state index contributed by atoms with van der Waals surface area (Å²) in [5.74, 6) is 1.96. The van der Waals surface area contributed by atoms with Crippen LogP contribution in [-0.4, -0.2) is 44.4 Å². The number of nitrogens with one attached hydrogen (secondary N) is 1. The zero-order valence-corrected chi connectivity index (χ0v) is 21.3. The van der Waals surface area contributed by atoms with Crippen LogP contribution in [-0.2, 0) is 24.4 Å². The van der Waals surface area contributed by atoms with Crippen molar-refractivity contribution in [2.24, 2.45) is 5.92 Å². The first-order valence-electron chi connectivity index (χ1n) is 12.2. The monoisotopic (exact) mass is 477 g/mol. The quantitative estimate of drug-likeness (QED) is 0.444. The van der Waals surface area contributed by atoms with Gasteiger partial charge in [0, 0.05) is 31.7 Å². The van der Waals surface area contributed by atoms with E-state index in [1.165, 1.54) is 43.3 Å². The number of likely N-dealkylation sites (tertiary alicyclic amines) is 1. The molecule has 1 atom stereocenters. The Morgan fingerprint density at radius 2 is 1.88 bits per heavy atom. The number of hydrogen-bond donors (Lipinski definition) is 1. The first-order valence-corrected chi connectivity index (χ1v) is 13.2. The van der Waals surface area contributed by atoms with E-state index in [4.69, 9.17) is 0 Å². The van der Waals surface area contributed by atoms with E-state index in [2.05, 4.69) is 82.2 Å². The van der Waals surface area contributed by atoms with Gasteiger partial charge >= 0.3 is 0 Å². The van der Waals surface area contributed by atoms with Crippen molar-refractivity contribution in [1.82, 2.24) is 25.0 Å². The Bertz CT molecular complexity index is 1090. The summed E-state index contributed by atoms with van der Waals surface area (Å²) < 4.78 is 2.07. The van der Waals surface area contributed by atoms with Crippen molar-refractivity contribution in [2.45, 2.75) is 58.4 Å². The van der Waals surface area contributed by atoms with Gasteiger partial charge in [-0.15, -0.1) is 10.2 Å².